The zero-order valence-corrected chi connectivity index (χ0v) is 13.6. The summed E-state index contributed by atoms with van der Waals surface area (Å²) in [6.07, 6.45) is 0.861. The van der Waals surface area contributed by atoms with E-state index in [1.54, 1.807) is 0 Å². The summed E-state index contributed by atoms with van der Waals surface area (Å²) < 4.78 is 4.98. The maximum atomic E-state index is 12.2. The topological polar surface area (TPSA) is 49.8 Å². The molecule has 1 aliphatic rings. The van der Waals surface area contributed by atoms with E-state index in [1.807, 2.05) is 27.7 Å². The minimum atomic E-state index is -0.619. The lowest BCUT2D eigenvalue weighted by Gasteiger charge is -2.37. The predicted octanol–water partition coefficient (Wildman–Crippen LogP) is 3.09. The first-order valence-corrected chi connectivity index (χ1v) is 6.92. The Balaban J connectivity index is 3.24. The van der Waals surface area contributed by atoms with Gasteiger partial charge in [0.15, 0.2) is 0 Å². The van der Waals surface area contributed by atoms with E-state index in [0.717, 1.165) is 6.42 Å². The second-order valence-electron chi connectivity index (χ2n) is 7.99. The third kappa shape index (κ3) is 2.79. The molecule has 0 aromatic rings. The molecule has 2 atom stereocenters. The van der Waals surface area contributed by atoms with Gasteiger partial charge in [0.1, 0.15) is 0 Å². The van der Waals surface area contributed by atoms with Crippen LogP contribution in [0.1, 0.15) is 54.9 Å². The lowest BCUT2D eigenvalue weighted by Crippen LogP contribution is -2.48. The molecule has 1 fully saturated rings. The Morgan fingerprint density at radius 1 is 1.21 bits per heavy atom. The van der Waals surface area contributed by atoms with Crippen LogP contribution in [0.2, 0.25) is 0 Å². The van der Waals surface area contributed by atoms with E-state index in [0.29, 0.717) is 0 Å². The highest BCUT2D eigenvalue weighted by molar-refractivity contribution is 5.75. The van der Waals surface area contributed by atoms with Gasteiger partial charge in [0, 0.05) is 5.54 Å². The number of methoxy groups -OCH3 is 1. The Morgan fingerprint density at radius 2 is 1.68 bits per heavy atom. The van der Waals surface area contributed by atoms with Crippen LogP contribution in [0.15, 0.2) is 0 Å². The quantitative estimate of drug-likeness (QED) is 0.784. The molecule has 4 nitrogen and oxygen atoms in total. The van der Waals surface area contributed by atoms with Crippen LogP contribution in [0, 0.1) is 17.3 Å². The number of carbonyl (C=O) groups excluding carboxylic acids is 1. The van der Waals surface area contributed by atoms with Gasteiger partial charge in [-0.25, -0.2) is 0 Å². The van der Waals surface area contributed by atoms with Crippen molar-refractivity contribution >= 4 is 5.97 Å². The summed E-state index contributed by atoms with van der Waals surface area (Å²) in [5, 5.41) is 11.8. The van der Waals surface area contributed by atoms with Crippen molar-refractivity contribution in [3.05, 3.63) is 0 Å². The zero-order valence-electron chi connectivity index (χ0n) is 13.6. The van der Waals surface area contributed by atoms with Crippen molar-refractivity contribution in [1.82, 2.24) is 5.06 Å². The number of ether oxygens (including phenoxy) is 1. The van der Waals surface area contributed by atoms with E-state index in [4.69, 9.17) is 4.74 Å². The summed E-state index contributed by atoms with van der Waals surface area (Å²) in [5.74, 6) is -0.499. The van der Waals surface area contributed by atoms with Crippen LogP contribution in [0.3, 0.4) is 0 Å². The summed E-state index contributed by atoms with van der Waals surface area (Å²) in [7, 11) is 1.42. The minimum absolute atomic E-state index is 0.0555. The molecule has 1 heterocycles. The van der Waals surface area contributed by atoms with E-state index >= 15 is 0 Å². The van der Waals surface area contributed by atoms with Gasteiger partial charge in [-0.05, 0) is 45.4 Å². The molecule has 0 saturated carbocycles. The van der Waals surface area contributed by atoms with Gasteiger partial charge in [-0.3, -0.25) is 4.79 Å². The number of esters is 1. The first kappa shape index (κ1) is 16.4. The number of hydrogen-bond donors (Lipinski definition) is 1. The molecule has 0 bridgehead atoms. The molecule has 1 N–H and O–H groups in total. The number of hydroxylamine groups is 2. The summed E-state index contributed by atoms with van der Waals surface area (Å²) in [6.45, 7) is 14.3. The SMILES string of the molecule is COC(=O)C1C(CC(C)(C)C)C(C)(C)N(O)C1(C)C. The van der Waals surface area contributed by atoms with Gasteiger partial charge in [-0.15, -0.1) is 0 Å². The highest BCUT2D eigenvalue weighted by Crippen LogP contribution is 2.52. The Bertz CT molecular complexity index is 355. The Labute approximate surface area is 117 Å². The third-order valence-electron chi connectivity index (χ3n) is 4.45. The van der Waals surface area contributed by atoms with Crippen LogP contribution in [0.5, 0.6) is 0 Å². The van der Waals surface area contributed by atoms with Crippen LogP contribution in [-0.2, 0) is 9.53 Å². The first-order valence-electron chi connectivity index (χ1n) is 6.92. The Kier molecular flexibility index (Phi) is 4.10. The first-order chi connectivity index (χ1) is 8.35. The van der Waals surface area contributed by atoms with Crippen molar-refractivity contribution < 1.29 is 14.7 Å². The molecular weight excluding hydrogens is 242 g/mol. The molecule has 1 aliphatic heterocycles. The molecule has 1 saturated heterocycles. The molecule has 4 heteroatoms. The monoisotopic (exact) mass is 271 g/mol. The van der Waals surface area contributed by atoms with Crippen molar-refractivity contribution in [2.75, 3.05) is 7.11 Å². The number of carbonyl (C=O) groups is 1. The molecular formula is C15H29NO3. The molecule has 0 radical (unpaired) electrons. The Hall–Kier alpha value is -0.610. The van der Waals surface area contributed by atoms with Gasteiger partial charge in [0.2, 0.25) is 0 Å². The van der Waals surface area contributed by atoms with Crippen molar-refractivity contribution in [1.29, 1.82) is 0 Å². The summed E-state index contributed by atoms with van der Waals surface area (Å²) in [6, 6.07) is 0. The highest BCUT2D eigenvalue weighted by Gasteiger charge is 2.61. The number of rotatable bonds is 2. The molecule has 0 amide bonds. The molecule has 0 aliphatic carbocycles. The maximum Gasteiger partial charge on any atom is 0.310 e. The zero-order chi connectivity index (χ0) is 15.2. The highest BCUT2D eigenvalue weighted by atomic mass is 16.5. The lowest BCUT2D eigenvalue weighted by molar-refractivity contribution is -0.202. The van der Waals surface area contributed by atoms with Crippen LogP contribution in [0.4, 0.5) is 0 Å². The van der Waals surface area contributed by atoms with E-state index in [1.165, 1.54) is 12.2 Å². The van der Waals surface area contributed by atoms with Crippen molar-refractivity contribution in [3.63, 3.8) is 0 Å². The minimum Gasteiger partial charge on any atom is -0.469 e. The van der Waals surface area contributed by atoms with E-state index < -0.39 is 11.1 Å². The van der Waals surface area contributed by atoms with Gasteiger partial charge < -0.3 is 9.94 Å². The van der Waals surface area contributed by atoms with Gasteiger partial charge in [0.25, 0.3) is 0 Å². The molecule has 0 aromatic carbocycles. The summed E-state index contributed by atoms with van der Waals surface area (Å²) in [5.41, 5.74) is -0.975. The smallest absolute Gasteiger partial charge is 0.310 e. The van der Waals surface area contributed by atoms with E-state index in [-0.39, 0.29) is 23.2 Å². The van der Waals surface area contributed by atoms with E-state index in [9.17, 15) is 10.0 Å². The van der Waals surface area contributed by atoms with Gasteiger partial charge in [0.05, 0.1) is 18.6 Å². The van der Waals surface area contributed by atoms with Gasteiger partial charge >= 0.3 is 5.97 Å². The van der Waals surface area contributed by atoms with Crippen molar-refractivity contribution in [2.24, 2.45) is 17.3 Å². The van der Waals surface area contributed by atoms with Crippen LogP contribution < -0.4 is 0 Å². The summed E-state index contributed by atoms with van der Waals surface area (Å²) in [4.78, 5) is 12.2. The number of hydrogen-bond acceptors (Lipinski definition) is 4. The fourth-order valence-corrected chi connectivity index (χ4v) is 3.54. The predicted molar refractivity (Wildman–Crippen MR) is 74.9 cm³/mol. The third-order valence-corrected chi connectivity index (χ3v) is 4.45. The fourth-order valence-electron chi connectivity index (χ4n) is 3.54. The van der Waals surface area contributed by atoms with Gasteiger partial charge in [-0.1, -0.05) is 20.8 Å². The molecule has 1 rings (SSSR count). The second-order valence-corrected chi connectivity index (χ2v) is 7.99. The largest absolute Gasteiger partial charge is 0.469 e. The molecule has 2 unspecified atom stereocenters. The fraction of sp³-hybridized carbons (Fsp3) is 0.933. The maximum absolute atomic E-state index is 12.2. The average molecular weight is 271 g/mol. The molecule has 0 aromatic heterocycles. The molecule has 19 heavy (non-hydrogen) atoms. The normalized spacial score (nSPS) is 30.4. The molecule has 112 valence electrons. The Morgan fingerprint density at radius 3 is 2.05 bits per heavy atom. The number of nitrogens with zero attached hydrogens (tertiary/aromatic N) is 1. The van der Waals surface area contributed by atoms with Gasteiger partial charge in [-0.2, -0.15) is 5.06 Å². The summed E-state index contributed by atoms with van der Waals surface area (Å²) >= 11 is 0. The van der Waals surface area contributed by atoms with Crippen LogP contribution >= 0.6 is 0 Å². The molecule has 0 spiro atoms. The van der Waals surface area contributed by atoms with Crippen LogP contribution in [-0.4, -0.2) is 34.4 Å². The lowest BCUT2D eigenvalue weighted by atomic mass is 9.70. The standard InChI is InChI=1S/C15H29NO3/c1-13(2,3)9-10-11(12(17)19-8)15(6,7)16(18)14(10,4)5/h10-11,18H,9H2,1-8H3. The van der Waals surface area contributed by atoms with Crippen LogP contribution in [0.25, 0.3) is 0 Å². The van der Waals surface area contributed by atoms with E-state index in [2.05, 4.69) is 20.8 Å². The second kappa shape index (κ2) is 4.74. The average Bonchev–Trinajstić information content (AvgIpc) is 2.35. The van der Waals surface area contributed by atoms with Crippen molar-refractivity contribution in [2.45, 2.75) is 66.0 Å². The van der Waals surface area contributed by atoms with Crippen molar-refractivity contribution in [3.8, 4) is 0 Å².